The van der Waals surface area contributed by atoms with E-state index in [1.54, 1.807) is 12.1 Å². The highest BCUT2D eigenvalue weighted by atomic mass is 19.1. The van der Waals surface area contributed by atoms with E-state index >= 15 is 0 Å². The highest BCUT2D eigenvalue weighted by Crippen LogP contribution is 2.29. The fraction of sp³-hybridized carbons (Fsp3) is 0.350. The van der Waals surface area contributed by atoms with Crippen LogP contribution in [-0.4, -0.2) is 30.8 Å². The Hall–Kier alpha value is -2.76. The Bertz CT molecular complexity index is 763. The van der Waals surface area contributed by atoms with Crippen LogP contribution in [0.25, 0.3) is 0 Å². The van der Waals surface area contributed by atoms with Gasteiger partial charge in [-0.2, -0.15) is 0 Å². The Morgan fingerprint density at radius 1 is 1.23 bits per heavy atom. The van der Waals surface area contributed by atoms with E-state index in [1.807, 2.05) is 24.3 Å². The third-order valence-electron chi connectivity index (χ3n) is 4.60. The zero-order valence-electron chi connectivity index (χ0n) is 14.7. The predicted molar refractivity (Wildman–Crippen MR) is 96.3 cm³/mol. The van der Waals surface area contributed by atoms with Gasteiger partial charge in [0.15, 0.2) is 0 Å². The first kappa shape index (κ1) is 18.0. The van der Waals surface area contributed by atoms with Gasteiger partial charge < -0.3 is 19.5 Å². The summed E-state index contributed by atoms with van der Waals surface area (Å²) in [5, 5.41) is 9.03. The number of hydrogen-bond donors (Lipinski definition) is 1. The molecule has 1 N–H and O–H groups in total. The summed E-state index contributed by atoms with van der Waals surface area (Å²) in [4.78, 5) is 13.1. The number of nitrogens with zero attached hydrogens (tertiary/aromatic N) is 1. The van der Waals surface area contributed by atoms with Crippen molar-refractivity contribution >= 4 is 11.7 Å². The van der Waals surface area contributed by atoms with Crippen LogP contribution >= 0.6 is 0 Å². The molecule has 3 rings (SSSR count). The molecule has 0 aliphatic carbocycles. The molecule has 5 nitrogen and oxygen atoms in total. The summed E-state index contributed by atoms with van der Waals surface area (Å²) in [6.07, 6.45) is 2.03. The van der Waals surface area contributed by atoms with Gasteiger partial charge in [-0.15, -0.1) is 0 Å². The molecule has 6 heteroatoms. The summed E-state index contributed by atoms with van der Waals surface area (Å²) >= 11 is 0. The van der Waals surface area contributed by atoms with Crippen LogP contribution in [0, 0.1) is 5.82 Å². The zero-order valence-corrected chi connectivity index (χ0v) is 14.7. The number of aliphatic carboxylic acids is 1. The van der Waals surface area contributed by atoms with E-state index in [0.29, 0.717) is 17.1 Å². The van der Waals surface area contributed by atoms with E-state index in [0.717, 1.165) is 25.1 Å². The number of rotatable bonds is 7. The first-order chi connectivity index (χ1) is 12.6. The van der Waals surface area contributed by atoms with E-state index in [4.69, 9.17) is 14.6 Å². The monoisotopic (exact) mass is 359 g/mol. The van der Waals surface area contributed by atoms with Crippen LogP contribution in [0.15, 0.2) is 42.5 Å². The minimum atomic E-state index is -0.776. The van der Waals surface area contributed by atoms with E-state index in [-0.39, 0.29) is 24.9 Å². The molecule has 1 fully saturated rings. The van der Waals surface area contributed by atoms with Crippen molar-refractivity contribution in [2.75, 3.05) is 18.6 Å². The lowest BCUT2D eigenvalue weighted by Gasteiger charge is -2.25. The van der Waals surface area contributed by atoms with Crippen molar-refractivity contribution in [1.29, 1.82) is 0 Å². The molecule has 1 atom stereocenters. The van der Waals surface area contributed by atoms with Crippen molar-refractivity contribution in [1.82, 2.24) is 0 Å². The number of benzene rings is 2. The van der Waals surface area contributed by atoms with Crippen molar-refractivity contribution < 1.29 is 23.8 Å². The Morgan fingerprint density at radius 3 is 2.65 bits per heavy atom. The Kier molecular flexibility index (Phi) is 5.61. The lowest BCUT2D eigenvalue weighted by atomic mass is 10.1. The lowest BCUT2D eigenvalue weighted by Crippen LogP contribution is -2.31. The molecule has 0 spiro atoms. The highest BCUT2D eigenvalue weighted by molar-refractivity contribution is 5.69. The summed E-state index contributed by atoms with van der Waals surface area (Å²) in [7, 11) is 1.53. The number of carboxylic acids is 1. The molecule has 2 aromatic rings. The van der Waals surface area contributed by atoms with Gasteiger partial charge in [0.25, 0.3) is 0 Å². The maximum Gasteiger partial charge on any atom is 0.305 e. The van der Waals surface area contributed by atoms with E-state index in [9.17, 15) is 9.18 Å². The second-order valence-corrected chi connectivity index (χ2v) is 6.33. The van der Waals surface area contributed by atoms with Gasteiger partial charge in [-0.3, -0.25) is 4.79 Å². The van der Waals surface area contributed by atoms with Crippen LogP contribution in [-0.2, 0) is 11.4 Å². The van der Waals surface area contributed by atoms with Gasteiger partial charge in [0.05, 0.1) is 13.5 Å². The molecule has 1 aliphatic rings. The number of halogens is 1. The molecule has 138 valence electrons. The molecule has 1 unspecified atom stereocenters. The number of hydrogen-bond acceptors (Lipinski definition) is 4. The number of methoxy groups -OCH3 is 1. The first-order valence-electron chi connectivity index (χ1n) is 8.60. The van der Waals surface area contributed by atoms with Gasteiger partial charge in [-0.25, -0.2) is 4.39 Å². The summed E-state index contributed by atoms with van der Waals surface area (Å²) in [5.41, 5.74) is 1.41. The van der Waals surface area contributed by atoms with Gasteiger partial charge in [0.1, 0.15) is 23.9 Å². The van der Waals surface area contributed by atoms with Gasteiger partial charge in [-0.1, -0.05) is 0 Å². The zero-order chi connectivity index (χ0) is 18.5. The molecule has 0 bridgehead atoms. The second-order valence-electron chi connectivity index (χ2n) is 6.33. The minimum Gasteiger partial charge on any atom is -0.497 e. The van der Waals surface area contributed by atoms with Gasteiger partial charge in [0, 0.05) is 23.8 Å². The van der Waals surface area contributed by atoms with Crippen molar-refractivity contribution in [3.8, 4) is 11.5 Å². The van der Waals surface area contributed by atoms with Crippen molar-refractivity contribution in [2.24, 2.45) is 0 Å². The fourth-order valence-corrected chi connectivity index (χ4v) is 3.27. The van der Waals surface area contributed by atoms with E-state index in [1.165, 1.54) is 13.2 Å². The largest absolute Gasteiger partial charge is 0.497 e. The normalized spacial score (nSPS) is 16.5. The molecular formula is C20H22FNO4. The molecule has 1 aliphatic heterocycles. The predicted octanol–water partition coefficient (Wildman–Crippen LogP) is 3.86. The quantitative estimate of drug-likeness (QED) is 0.814. The van der Waals surface area contributed by atoms with E-state index in [2.05, 4.69) is 4.90 Å². The lowest BCUT2D eigenvalue weighted by molar-refractivity contribution is -0.137. The van der Waals surface area contributed by atoms with Crippen LogP contribution in [0.5, 0.6) is 11.5 Å². The third kappa shape index (κ3) is 4.25. The molecule has 26 heavy (non-hydrogen) atoms. The molecule has 1 heterocycles. The molecular weight excluding hydrogens is 337 g/mol. The minimum absolute atomic E-state index is 0.0325. The third-order valence-corrected chi connectivity index (χ3v) is 4.60. The van der Waals surface area contributed by atoms with Crippen LogP contribution in [0.4, 0.5) is 10.1 Å². The Labute approximate surface area is 152 Å². The summed E-state index contributed by atoms with van der Waals surface area (Å²) in [6.45, 7) is 0.959. The number of anilines is 1. The molecule has 0 aromatic heterocycles. The number of carboxylic acid groups (broad SMARTS) is 1. The van der Waals surface area contributed by atoms with Crippen molar-refractivity contribution in [3.63, 3.8) is 0 Å². The van der Waals surface area contributed by atoms with Gasteiger partial charge in [-0.05, 0) is 55.3 Å². The van der Waals surface area contributed by atoms with Crippen LogP contribution in [0.1, 0.15) is 24.8 Å². The average Bonchev–Trinajstić information content (AvgIpc) is 3.09. The van der Waals surface area contributed by atoms with Gasteiger partial charge >= 0.3 is 5.97 Å². The summed E-state index contributed by atoms with van der Waals surface area (Å²) in [6, 6.07) is 12.0. The first-order valence-corrected chi connectivity index (χ1v) is 8.60. The summed E-state index contributed by atoms with van der Waals surface area (Å²) in [5.74, 6) is 0.0990. The summed E-state index contributed by atoms with van der Waals surface area (Å²) < 4.78 is 24.6. The fourth-order valence-electron chi connectivity index (χ4n) is 3.27. The number of ether oxygens (including phenoxy) is 2. The standard InChI is InChI=1S/C20H22FNO4/c1-25-18-8-9-19(21)14(11-18)13-26-17-6-4-15(5-7-17)22-10-2-3-16(22)12-20(23)24/h4-9,11,16H,2-3,10,12-13H2,1H3,(H,23,24). The topological polar surface area (TPSA) is 59.0 Å². The molecule has 0 radical (unpaired) electrons. The molecule has 1 saturated heterocycles. The number of carbonyl (C=O) groups is 1. The second kappa shape index (κ2) is 8.08. The highest BCUT2D eigenvalue weighted by Gasteiger charge is 2.26. The molecule has 0 saturated carbocycles. The maximum absolute atomic E-state index is 13.8. The van der Waals surface area contributed by atoms with E-state index < -0.39 is 5.97 Å². The maximum atomic E-state index is 13.8. The van der Waals surface area contributed by atoms with Crippen molar-refractivity contribution in [3.05, 3.63) is 53.8 Å². The molecule has 0 amide bonds. The average molecular weight is 359 g/mol. The Balaban J connectivity index is 1.64. The molecule has 2 aromatic carbocycles. The van der Waals surface area contributed by atoms with Crippen LogP contribution in [0.2, 0.25) is 0 Å². The van der Waals surface area contributed by atoms with Crippen molar-refractivity contribution in [2.45, 2.75) is 31.9 Å². The van der Waals surface area contributed by atoms with Crippen LogP contribution in [0.3, 0.4) is 0 Å². The Morgan fingerprint density at radius 2 is 1.96 bits per heavy atom. The van der Waals surface area contributed by atoms with Gasteiger partial charge in [0.2, 0.25) is 0 Å². The SMILES string of the molecule is COc1ccc(F)c(COc2ccc(N3CCCC3CC(=O)O)cc2)c1. The smallest absolute Gasteiger partial charge is 0.305 e. The van der Waals surface area contributed by atoms with Crippen LogP contribution < -0.4 is 14.4 Å².